The predicted molar refractivity (Wildman–Crippen MR) is 101 cm³/mol. The molecule has 1 aromatic rings. The molecule has 1 aliphatic rings. The fourth-order valence-electron chi connectivity index (χ4n) is 2.88. The lowest BCUT2D eigenvalue weighted by atomic mass is 9.96. The first-order chi connectivity index (χ1) is 12.1. The maximum absolute atomic E-state index is 13.8. The van der Waals surface area contributed by atoms with Crippen molar-refractivity contribution in [2.75, 3.05) is 19.6 Å². The van der Waals surface area contributed by atoms with Crippen molar-refractivity contribution in [1.82, 2.24) is 10.2 Å². The molecule has 1 fully saturated rings. The fourth-order valence-corrected chi connectivity index (χ4v) is 3.29. The molecule has 0 radical (unpaired) electrons. The second-order valence-corrected chi connectivity index (χ2v) is 8.54. The molecule has 0 bridgehead atoms. The molecule has 1 heterocycles. The average Bonchev–Trinajstić information content (AvgIpc) is 2.55. The number of alkyl carbamates (subject to hydrolysis) is 1. The van der Waals surface area contributed by atoms with Crippen molar-refractivity contribution < 1.29 is 18.7 Å². The van der Waals surface area contributed by atoms with Gasteiger partial charge >= 0.3 is 6.09 Å². The Morgan fingerprint density at radius 1 is 1.31 bits per heavy atom. The van der Waals surface area contributed by atoms with Gasteiger partial charge in [-0.25, -0.2) is 9.18 Å². The van der Waals surface area contributed by atoms with Crippen molar-refractivity contribution in [1.29, 1.82) is 0 Å². The maximum Gasteiger partial charge on any atom is 0.407 e. The molecular formula is C19H26BrFN2O3. The van der Waals surface area contributed by atoms with Gasteiger partial charge in [0.05, 0.1) is 6.42 Å². The second-order valence-electron chi connectivity index (χ2n) is 7.62. The predicted octanol–water partition coefficient (Wildman–Crippen LogP) is 3.89. The lowest BCUT2D eigenvalue weighted by Gasteiger charge is -2.32. The normalized spacial score (nSPS) is 15.7. The zero-order chi connectivity index (χ0) is 19.3. The minimum Gasteiger partial charge on any atom is -0.444 e. The summed E-state index contributed by atoms with van der Waals surface area (Å²) in [6.45, 7) is 7.25. The van der Waals surface area contributed by atoms with Crippen LogP contribution >= 0.6 is 15.9 Å². The molecule has 1 N–H and O–H groups in total. The van der Waals surface area contributed by atoms with Gasteiger partial charge in [0.15, 0.2) is 0 Å². The summed E-state index contributed by atoms with van der Waals surface area (Å²) in [6, 6.07) is 4.62. The van der Waals surface area contributed by atoms with E-state index in [0.29, 0.717) is 31.1 Å². The summed E-state index contributed by atoms with van der Waals surface area (Å²) in [5.74, 6) is -0.118. The van der Waals surface area contributed by atoms with Gasteiger partial charge in [0.1, 0.15) is 11.4 Å². The molecule has 5 nitrogen and oxygen atoms in total. The number of benzene rings is 1. The minimum atomic E-state index is -0.512. The van der Waals surface area contributed by atoms with Gasteiger partial charge in [0, 0.05) is 24.1 Å². The Morgan fingerprint density at radius 2 is 1.96 bits per heavy atom. The van der Waals surface area contributed by atoms with Crippen LogP contribution in [0.1, 0.15) is 39.2 Å². The zero-order valence-electron chi connectivity index (χ0n) is 15.5. The van der Waals surface area contributed by atoms with Gasteiger partial charge in [-0.1, -0.05) is 15.9 Å². The van der Waals surface area contributed by atoms with Gasteiger partial charge < -0.3 is 15.0 Å². The quantitative estimate of drug-likeness (QED) is 0.790. The van der Waals surface area contributed by atoms with E-state index >= 15 is 0 Å². The van der Waals surface area contributed by atoms with Crippen molar-refractivity contribution in [3.8, 4) is 0 Å². The molecule has 0 saturated carbocycles. The van der Waals surface area contributed by atoms with Gasteiger partial charge in [-0.3, -0.25) is 4.79 Å². The molecule has 0 atom stereocenters. The van der Waals surface area contributed by atoms with Crippen LogP contribution in [0, 0.1) is 11.7 Å². The summed E-state index contributed by atoms with van der Waals surface area (Å²) in [6.07, 6.45) is 1.26. The molecule has 1 aromatic carbocycles. The molecule has 1 aliphatic heterocycles. The van der Waals surface area contributed by atoms with Gasteiger partial charge in [0.2, 0.25) is 5.91 Å². The van der Waals surface area contributed by atoms with Crippen LogP contribution in [0.15, 0.2) is 22.7 Å². The van der Waals surface area contributed by atoms with E-state index < -0.39 is 11.7 Å². The number of ether oxygens (including phenoxy) is 1. The number of carbonyl (C=O) groups is 2. The van der Waals surface area contributed by atoms with E-state index in [-0.39, 0.29) is 18.1 Å². The molecule has 1 saturated heterocycles. The Hall–Kier alpha value is -1.63. The van der Waals surface area contributed by atoms with Crippen LogP contribution in [0.5, 0.6) is 0 Å². The van der Waals surface area contributed by atoms with Crippen molar-refractivity contribution in [2.45, 2.75) is 45.6 Å². The Labute approximate surface area is 162 Å². The van der Waals surface area contributed by atoms with Gasteiger partial charge in [-0.15, -0.1) is 0 Å². The monoisotopic (exact) mass is 428 g/mol. The largest absolute Gasteiger partial charge is 0.444 e. The molecule has 0 unspecified atom stereocenters. The smallest absolute Gasteiger partial charge is 0.407 e. The van der Waals surface area contributed by atoms with E-state index in [0.717, 1.165) is 17.3 Å². The number of hydrogen-bond donors (Lipinski definition) is 1. The van der Waals surface area contributed by atoms with Crippen LogP contribution in [-0.4, -0.2) is 42.1 Å². The number of carbonyl (C=O) groups excluding carboxylic acids is 2. The maximum atomic E-state index is 13.8. The van der Waals surface area contributed by atoms with Crippen molar-refractivity contribution >= 4 is 27.9 Å². The van der Waals surface area contributed by atoms with Gasteiger partial charge in [-0.2, -0.15) is 0 Å². The van der Waals surface area contributed by atoms with E-state index in [1.54, 1.807) is 17.0 Å². The minimum absolute atomic E-state index is 0.0616. The number of halogens is 2. The van der Waals surface area contributed by atoms with Crippen LogP contribution < -0.4 is 5.32 Å². The molecule has 144 valence electrons. The summed E-state index contributed by atoms with van der Waals surface area (Å²) in [5, 5.41) is 2.79. The van der Waals surface area contributed by atoms with E-state index in [9.17, 15) is 14.0 Å². The lowest BCUT2D eigenvalue weighted by Crippen LogP contribution is -2.43. The Kier molecular flexibility index (Phi) is 7.03. The molecule has 0 aliphatic carbocycles. The third-order valence-corrected chi connectivity index (χ3v) is 4.74. The highest BCUT2D eigenvalue weighted by Gasteiger charge is 2.24. The Bertz CT molecular complexity index is 653. The highest BCUT2D eigenvalue weighted by Crippen LogP contribution is 2.20. The number of amides is 2. The SMILES string of the molecule is CC(C)(C)OC(=O)NCC1CCN(C(=O)Cc2cc(Br)ccc2F)CC1. The summed E-state index contributed by atoms with van der Waals surface area (Å²) in [5.41, 5.74) is -0.111. The summed E-state index contributed by atoms with van der Waals surface area (Å²) < 4.78 is 19.8. The van der Waals surface area contributed by atoms with Crippen LogP contribution in [-0.2, 0) is 16.0 Å². The van der Waals surface area contributed by atoms with E-state index in [1.165, 1.54) is 6.07 Å². The molecule has 0 aromatic heterocycles. The van der Waals surface area contributed by atoms with Crippen LogP contribution in [0.25, 0.3) is 0 Å². The van der Waals surface area contributed by atoms with Crippen LogP contribution in [0.3, 0.4) is 0 Å². The number of nitrogens with zero attached hydrogens (tertiary/aromatic N) is 1. The standard InChI is InChI=1S/C19H26BrFN2O3/c1-19(2,3)26-18(25)22-12-13-6-8-23(9-7-13)17(24)11-14-10-15(20)4-5-16(14)21/h4-5,10,13H,6-9,11-12H2,1-3H3,(H,22,25). The summed E-state index contributed by atoms with van der Waals surface area (Å²) in [7, 11) is 0. The summed E-state index contributed by atoms with van der Waals surface area (Å²) >= 11 is 3.30. The van der Waals surface area contributed by atoms with Crippen molar-refractivity contribution in [3.05, 3.63) is 34.1 Å². The Balaban J connectivity index is 1.76. The number of nitrogens with one attached hydrogen (secondary N) is 1. The molecule has 2 rings (SSSR count). The van der Waals surface area contributed by atoms with Crippen LogP contribution in [0.2, 0.25) is 0 Å². The topological polar surface area (TPSA) is 58.6 Å². The van der Waals surface area contributed by atoms with Crippen molar-refractivity contribution in [2.24, 2.45) is 5.92 Å². The first-order valence-electron chi connectivity index (χ1n) is 8.82. The number of hydrogen-bond acceptors (Lipinski definition) is 3. The molecular weight excluding hydrogens is 403 g/mol. The van der Waals surface area contributed by atoms with Crippen LogP contribution in [0.4, 0.5) is 9.18 Å². The fraction of sp³-hybridized carbons (Fsp3) is 0.579. The molecule has 26 heavy (non-hydrogen) atoms. The Morgan fingerprint density at radius 3 is 2.58 bits per heavy atom. The molecule has 7 heteroatoms. The molecule has 2 amide bonds. The first kappa shape index (κ1) is 20.7. The highest BCUT2D eigenvalue weighted by molar-refractivity contribution is 9.10. The first-order valence-corrected chi connectivity index (χ1v) is 9.62. The number of piperidine rings is 1. The highest BCUT2D eigenvalue weighted by atomic mass is 79.9. The summed E-state index contributed by atoms with van der Waals surface area (Å²) in [4.78, 5) is 25.9. The lowest BCUT2D eigenvalue weighted by molar-refractivity contribution is -0.131. The zero-order valence-corrected chi connectivity index (χ0v) is 17.1. The third kappa shape index (κ3) is 6.59. The van der Waals surface area contributed by atoms with E-state index in [4.69, 9.17) is 4.74 Å². The van der Waals surface area contributed by atoms with E-state index in [2.05, 4.69) is 21.2 Å². The average molecular weight is 429 g/mol. The third-order valence-electron chi connectivity index (χ3n) is 4.25. The van der Waals surface area contributed by atoms with E-state index in [1.807, 2.05) is 20.8 Å². The van der Waals surface area contributed by atoms with Crippen molar-refractivity contribution in [3.63, 3.8) is 0 Å². The van der Waals surface area contributed by atoms with Gasteiger partial charge in [0.25, 0.3) is 0 Å². The van der Waals surface area contributed by atoms with Gasteiger partial charge in [-0.05, 0) is 63.3 Å². The second kappa shape index (κ2) is 8.84. The molecule has 0 spiro atoms. The number of likely N-dealkylation sites (tertiary alicyclic amines) is 1. The number of rotatable bonds is 4.